The lowest BCUT2D eigenvalue weighted by atomic mass is 10.2. The van der Waals surface area contributed by atoms with E-state index in [2.05, 4.69) is 10.3 Å². The summed E-state index contributed by atoms with van der Waals surface area (Å²) in [5, 5.41) is 14.6. The number of nitro benzene ring substituents is 1. The highest BCUT2D eigenvalue weighted by molar-refractivity contribution is 7.20. The summed E-state index contributed by atoms with van der Waals surface area (Å²) in [6.07, 6.45) is 2.30. The highest BCUT2D eigenvalue weighted by Gasteiger charge is 2.16. The Morgan fingerprint density at radius 3 is 3.10 bits per heavy atom. The Morgan fingerprint density at radius 2 is 2.40 bits per heavy atom. The maximum absolute atomic E-state index is 10.7. The van der Waals surface area contributed by atoms with Crippen molar-refractivity contribution in [2.75, 3.05) is 13.2 Å². The quantitative estimate of drug-likeness (QED) is 0.693. The molecule has 0 amide bonds. The zero-order valence-electron chi connectivity index (χ0n) is 10.6. The molecule has 1 N–H and O–H groups in total. The van der Waals surface area contributed by atoms with Crippen molar-refractivity contribution in [3.05, 3.63) is 28.3 Å². The van der Waals surface area contributed by atoms with Gasteiger partial charge in [0.15, 0.2) is 0 Å². The molecule has 8 heteroatoms. The first kappa shape index (κ1) is 15.0. The molecule has 1 aromatic carbocycles. The number of hydrogen-bond donors (Lipinski definition) is 1. The largest absolute Gasteiger partial charge is 0.468 e. The van der Waals surface area contributed by atoms with E-state index in [0.29, 0.717) is 23.4 Å². The van der Waals surface area contributed by atoms with Crippen molar-refractivity contribution in [2.24, 2.45) is 0 Å². The Hall–Kier alpha value is -1.44. The summed E-state index contributed by atoms with van der Waals surface area (Å²) in [6.45, 7) is 1.64. The highest BCUT2D eigenvalue weighted by Crippen LogP contribution is 2.30. The van der Waals surface area contributed by atoms with Crippen LogP contribution in [0.15, 0.2) is 18.2 Å². The fourth-order valence-electron chi connectivity index (χ4n) is 2.14. The standard InChI is InChI=1S/C12H13N3O3S.ClH/c16-15(17)9-3-4-11-10(6-9)14-12(19-11)18-7-8-2-1-5-13-8;/h3-4,6,8,13H,1-2,5,7H2;1H. The summed E-state index contributed by atoms with van der Waals surface area (Å²) >= 11 is 1.42. The van der Waals surface area contributed by atoms with Gasteiger partial charge in [-0.15, -0.1) is 12.4 Å². The minimum absolute atomic E-state index is 0. The molecule has 0 saturated carbocycles. The van der Waals surface area contributed by atoms with Gasteiger partial charge in [0.2, 0.25) is 0 Å². The molecule has 1 unspecified atom stereocenters. The first-order valence-electron chi connectivity index (χ1n) is 6.13. The van der Waals surface area contributed by atoms with Crippen LogP contribution in [0.5, 0.6) is 5.19 Å². The summed E-state index contributed by atoms with van der Waals surface area (Å²) in [4.78, 5) is 14.6. The monoisotopic (exact) mass is 315 g/mol. The van der Waals surface area contributed by atoms with E-state index in [9.17, 15) is 10.1 Å². The molecule has 3 rings (SSSR count). The second-order valence-corrected chi connectivity index (χ2v) is 5.49. The zero-order chi connectivity index (χ0) is 13.2. The van der Waals surface area contributed by atoms with E-state index in [4.69, 9.17) is 4.74 Å². The van der Waals surface area contributed by atoms with Gasteiger partial charge in [0, 0.05) is 18.2 Å². The minimum atomic E-state index is -0.415. The molecule has 1 aromatic heterocycles. The molecule has 6 nitrogen and oxygen atoms in total. The molecule has 0 spiro atoms. The average Bonchev–Trinajstić information content (AvgIpc) is 3.04. The molecular formula is C12H14ClN3O3S. The van der Waals surface area contributed by atoms with Gasteiger partial charge in [0.1, 0.15) is 6.61 Å². The molecule has 108 valence electrons. The van der Waals surface area contributed by atoms with Crippen molar-refractivity contribution in [3.8, 4) is 5.19 Å². The average molecular weight is 316 g/mol. The van der Waals surface area contributed by atoms with Crippen molar-refractivity contribution in [1.82, 2.24) is 10.3 Å². The van der Waals surface area contributed by atoms with Crippen LogP contribution in [0.4, 0.5) is 5.69 Å². The molecule has 0 radical (unpaired) electrons. The predicted octanol–water partition coefficient (Wildman–Crippen LogP) is 2.76. The van der Waals surface area contributed by atoms with Crippen LogP contribution in [0.25, 0.3) is 10.2 Å². The maximum Gasteiger partial charge on any atom is 0.274 e. The Labute approximate surface area is 125 Å². The van der Waals surface area contributed by atoms with E-state index < -0.39 is 4.92 Å². The van der Waals surface area contributed by atoms with Crippen molar-refractivity contribution in [1.29, 1.82) is 0 Å². The third-order valence-corrected chi connectivity index (χ3v) is 4.08. The molecule has 0 bridgehead atoms. The molecule has 2 aromatic rings. The molecule has 1 fully saturated rings. The smallest absolute Gasteiger partial charge is 0.274 e. The number of fused-ring (bicyclic) bond motifs is 1. The van der Waals surface area contributed by atoms with E-state index in [1.165, 1.54) is 29.9 Å². The number of benzene rings is 1. The topological polar surface area (TPSA) is 77.3 Å². The van der Waals surface area contributed by atoms with Gasteiger partial charge in [-0.25, -0.2) is 4.98 Å². The summed E-state index contributed by atoms with van der Waals surface area (Å²) in [5.74, 6) is 0. The van der Waals surface area contributed by atoms with Gasteiger partial charge in [-0.3, -0.25) is 10.1 Å². The first-order valence-corrected chi connectivity index (χ1v) is 6.95. The van der Waals surface area contributed by atoms with Crippen molar-refractivity contribution < 1.29 is 9.66 Å². The molecule has 0 aliphatic carbocycles. The second kappa shape index (κ2) is 6.34. The number of nitrogens with zero attached hydrogens (tertiary/aromatic N) is 2. The van der Waals surface area contributed by atoms with Crippen LogP contribution in [0.3, 0.4) is 0 Å². The SMILES string of the molecule is Cl.O=[N+]([O-])c1ccc2sc(OCC3CCCN3)nc2c1. The van der Waals surface area contributed by atoms with E-state index in [1.54, 1.807) is 6.07 Å². The molecule has 1 atom stereocenters. The van der Waals surface area contributed by atoms with Crippen LogP contribution in [-0.4, -0.2) is 29.1 Å². The molecular weight excluding hydrogens is 302 g/mol. The van der Waals surface area contributed by atoms with Gasteiger partial charge in [0.25, 0.3) is 10.9 Å². The summed E-state index contributed by atoms with van der Waals surface area (Å²) < 4.78 is 6.55. The molecule has 1 saturated heterocycles. The molecule has 2 heterocycles. The van der Waals surface area contributed by atoms with Crippen LogP contribution < -0.4 is 10.1 Å². The van der Waals surface area contributed by atoms with Gasteiger partial charge in [-0.2, -0.15) is 0 Å². The maximum atomic E-state index is 10.7. The number of non-ortho nitro benzene ring substituents is 1. The number of halogens is 1. The Bertz CT molecular complexity index is 613. The Morgan fingerprint density at radius 1 is 1.55 bits per heavy atom. The summed E-state index contributed by atoms with van der Waals surface area (Å²) in [6, 6.07) is 5.07. The third-order valence-electron chi connectivity index (χ3n) is 3.13. The van der Waals surface area contributed by atoms with E-state index in [0.717, 1.165) is 17.7 Å². The van der Waals surface area contributed by atoms with Crippen molar-refractivity contribution in [2.45, 2.75) is 18.9 Å². The third kappa shape index (κ3) is 3.17. The van der Waals surface area contributed by atoms with E-state index >= 15 is 0 Å². The van der Waals surface area contributed by atoms with Crippen LogP contribution in [0, 0.1) is 10.1 Å². The fraction of sp³-hybridized carbons (Fsp3) is 0.417. The Balaban J connectivity index is 0.00000147. The first-order chi connectivity index (χ1) is 9.22. The van der Waals surface area contributed by atoms with Gasteiger partial charge in [-0.1, -0.05) is 11.3 Å². The lowest BCUT2D eigenvalue weighted by Gasteiger charge is -2.09. The van der Waals surface area contributed by atoms with Gasteiger partial charge < -0.3 is 10.1 Å². The number of nitro groups is 1. The highest BCUT2D eigenvalue weighted by atomic mass is 35.5. The Kier molecular flexibility index (Phi) is 4.74. The zero-order valence-corrected chi connectivity index (χ0v) is 12.2. The number of thiazole rings is 1. The lowest BCUT2D eigenvalue weighted by Crippen LogP contribution is -2.28. The van der Waals surface area contributed by atoms with Gasteiger partial charge >= 0.3 is 0 Å². The lowest BCUT2D eigenvalue weighted by molar-refractivity contribution is -0.384. The van der Waals surface area contributed by atoms with Crippen LogP contribution >= 0.6 is 23.7 Å². The molecule has 20 heavy (non-hydrogen) atoms. The van der Waals surface area contributed by atoms with Crippen molar-refractivity contribution >= 4 is 39.6 Å². The second-order valence-electron chi connectivity index (χ2n) is 4.49. The predicted molar refractivity (Wildman–Crippen MR) is 80.0 cm³/mol. The van der Waals surface area contributed by atoms with Gasteiger partial charge in [0.05, 0.1) is 15.1 Å². The molecule has 1 aliphatic rings. The summed E-state index contributed by atoms with van der Waals surface area (Å²) in [7, 11) is 0. The van der Waals surface area contributed by atoms with Crippen LogP contribution in [0.1, 0.15) is 12.8 Å². The normalized spacial score (nSPS) is 17.9. The fourth-order valence-corrected chi connectivity index (χ4v) is 2.95. The van der Waals surface area contributed by atoms with Crippen LogP contribution in [0.2, 0.25) is 0 Å². The minimum Gasteiger partial charge on any atom is -0.468 e. The number of ether oxygens (including phenoxy) is 1. The van der Waals surface area contributed by atoms with Crippen molar-refractivity contribution in [3.63, 3.8) is 0 Å². The number of hydrogen-bond acceptors (Lipinski definition) is 6. The van der Waals surface area contributed by atoms with E-state index in [-0.39, 0.29) is 18.1 Å². The van der Waals surface area contributed by atoms with Gasteiger partial charge in [-0.05, 0) is 25.5 Å². The molecule has 1 aliphatic heterocycles. The number of nitrogens with one attached hydrogen (secondary N) is 1. The number of rotatable bonds is 4. The van der Waals surface area contributed by atoms with Crippen LogP contribution in [-0.2, 0) is 0 Å². The summed E-state index contributed by atoms with van der Waals surface area (Å²) in [5.41, 5.74) is 0.676. The number of aromatic nitrogens is 1. The van der Waals surface area contributed by atoms with E-state index in [1.807, 2.05) is 0 Å².